The zero-order chi connectivity index (χ0) is 16.7. The molecule has 0 aliphatic rings. The second kappa shape index (κ2) is 8.05. The van der Waals surface area contributed by atoms with Crippen LogP contribution in [0, 0.1) is 0 Å². The maximum Gasteiger partial charge on any atom is 0.256 e. The summed E-state index contributed by atoms with van der Waals surface area (Å²) in [6.45, 7) is 0.419. The lowest BCUT2D eigenvalue weighted by Crippen LogP contribution is -2.63. The van der Waals surface area contributed by atoms with Crippen LogP contribution in [-0.2, 0) is 6.61 Å². The third-order valence-electron chi connectivity index (χ3n) is 2.92. The van der Waals surface area contributed by atoms with Gasteiger partial charge in [-0.15, -0.1) is 5.10 Å². The molecule has 6 nitrogen and oxygen atoms in total. The van der Waals surface area contributed by atoms with Crippen molar-refractivity contribution in [3.05, 3.63) is 58.6 Å². The fourth-order valence-corrected chi connectivity index (χ4v) is 1.94. The minimum Gasteiger partial charge on any atom is -0.493 e. The van der Waals surface area contributed by atoms with E-state index in [-0.39, 0.29) is 5.96 Å². The Kier molecular flexibility index (Phi) is 5.82. The van der Waals surface area contributed by atoms with E-state index < -0.39 is 0 Å². The Bertz CT molecular complexity index is 711. The minimum atomic E-state index is -0.0452. The maximum absolute atomic E-state index is 5.86. The molecule has 2 aromatic rings. The molecule has 0 bridgehead atoms. The van der Waals surface area contributed by atoms with Crippen molar-refractivity contribution in [1.82, 2.24) is 0 Å². The van der Waals surface area contributed by atoms with Gasteiger partial charge in [0.15, 0.2) is 11.5 Å². The summed E-state index contributed by atoms with van der Waals surface area (Å²) in [6, 6.07) is 13.0. The third kappa shape index (κ3) is 5.19. The quantitative estimate of drug-likeness (QED) is 0.410. The number of hydrogen-bond donors (Lipinski definition) is 3. The lowest BCUT2D eigenvalue weighted by Gasteiger charge is -2.11. The van der Waals surface area contributed by atoms with E-state index in [0.717, 1.165) is 11.1 Å². The van der Waals surface area contributed by atoms with Gasteiger partial charge in [0.2, 0.25) is 6.21 Å². The van der Waals surface area contributed by atoms with Gasteiger partial charge in [-0.2, -0.15) is 0 Å². The van der Waals surface area contributed by atoms with Gasteiger partial charge in [-0.1, -0.05) is 23.7 Å². The molecule has 0 radical (unpaired) electrons. The number of methoxy groups -OCH3 is 1. The topological polar surface area (TPSA) is 96.8 Å². The molecule has 0 unspecified atom stereocenters. The second-order valence-electron chi connectivity index (χ2n) is 4.64. The Morgan fingerprint density at radius 3 is 2.57 bits per heavy atom. The van der Waals surface area contributed by atoms with E-state index in [1.54, 1.807) is 13.3 Å². The first-order valence-corrected chi connectivity index (χ1v) is 7.19. The number of benzene rings is 2. The number of rotatable bonds is 6. The Morgan fingerprint density at radius 2 is 1.91 bits per heavy atom. The van der Waals surface area contributed by atoms with Crippen LogP contribution in [0.25, 0.3) is 0 Å². The van der Waals surface area contributed by atoms with Crippen LogP contribution >= 0.6 is 11.6 Å². The van der Waals surface area contributed by atoms with Gasteiger partial charge in [0.05, 0.1) is 7.11 Å². The van der Waals surface area contributed by atoms with E-state index in [9.17, 15) is 0 Å². The first-order valence-electron chi connectivity index (χ1n) is 6.81. The van der Waals surface area contributed by atoms with Crippen molar-refractivity contribution in [3.63, 3.8) is 0 Å². The van der Waals surface area contributed by atoms with Crippen LogP contribution in [0.15, 0.2) is 47.6 Å². The summed E-state index contributed by atoms with van der Waals surface area (Å²) in [6.07, 6.45) is 1.64. The van der Waals surface area contributed by atoms with E-state index in [1.807, 2.05) is 42.5 Å². The van der Waals surface area contributed by atoms with Crippen molar-refractivity contribution in [2.45, 2.75) is 6.61 Å². The summed E-state index contributed by atoms with van der Waals surface area (Å²) in [5, 5.41) is 7.00. The molecular weight excluding hydrogens is 316 g/mol. The summed E-state index contributed by atoms with van der Waals surface area (Å²) in [4.78, 5) is 0. The normalized spacial score (nSPS) is 10.5. The Balaban J connectivity index is 2.08. The number of halogens is 1. The van der Waals surface area contributed by atoms with Crippen LogP contribution in [0.1, 0.15) is 11.1 Å². The van der Waals surface area contributed by atoms with E-state index in [2.05, 4.69) is 10.2 Å². The molecule has 23 heavy (non-hydrogen) atoms. The van der Waals surface area contributed by atoms with E-state index in [4.69, 9.17) is 32.5 Å². The first-order chi connectivity index (χ1) is 11.1. The van der Waals surface area contributed by atoms with E-state index in [1.165, 1.54) is 0 Å². The fourth-order valence-electron chi connectivity index (χ4n) is 1.82. The number of nitrogens with one attached hydrogen (secondary N) is 1. The summed E-state index contributed by atoms with van der Waals surface area (Å²) < 4.78 is 11.1. The van der Waals surface area contributed by atoms with Crippen LogP contribution in [-0.4, -0.2) is 19.3 Å². The van der Waals surface area contributed by atoms with Gasteiger partial charge in [-0.3, -0.25) is 0 Å². The number of nitrogens with two attached hydrogens (primary N) is 2. The van der Waals surface area contributed by atoms with Crippen LogP contribution in [0.2, 0.25) is 5.02 Å². The average Bonchev–Trinajstić information content (AvgIpc) is 2.54. The molecular formula is C16H18ClN4O2+. The second-order valence-corrected chi connectivity index (χ2v) is 5.07. The molecule has 0 spiro atoms. The maximum atomic E-state index is 5.86. The van der Waals surface area contributed by atoms with Gasteiger partial charge in [0.25, 0.3) is 5.96 Å². The van der Waals surface area contributed by atoms with Crippen molar-refractivity contribution < 1.29 is 14.6 Å². The SMILES string of the molecule is COc1cc(/C=[NH+]\N=C(N)N)ccc1OCc1ccc(Cl)cc1. The van der Waals surface area contributed by atoms with Crippen molar-refractivity contribution in [1.29, 1.82) is 0 Å². The van der Waals surface area contributed by atoms with Crippen molar-refractivity contribution >= 4 is 23.8 Å². The van der Waals surface area contributed by atoms with Gasteiger partial charge < -0.3 is 20.9 Å². The van der Waals surface area contributed by atoms with Crippen LogP contribution in [0.5, 0.6) is 11.5 Å². The number of ether oxygens (including phenoxy) is 2. The lowest BCUT2D eigenvalue weighted by molar-refractivity contribution is -0.456. The van der Waals surface area contributed by atoms with Crippen LogP contribution < -0.4 is 26.0 Å². The highest BCUT2D eigenvalue weighted by Crippen LogP contribution is 2.28. The summed E-state index contributed by atoms with van der Waals surface area (Å²) in [5.41, 5.74) is 12.3. The minimum absolute atomic E-state index is 0.0452. The molecule has 0 aromatic heterocycles. The summed E-state index contributed by atoms with van der Waals surface area (Å²) >= 11 is 5.86. The van der Waals surface area contributed by atoms with Gasteiger partial charge in [0, 0.05) is 15.7 Å². The first kappa shape index (κ1) is 16.6. The average molecular weight is 334 g/mol. The molecule has 0 fully saturated rings. The fraction of sp³-hybridized carbons (Fsp3) is 0.125. The zero-order valence-electron chi connectivity index (χ0n) is 12.6. The smallest absolute Gasteiger partial charge is 0.256 e. The Labute approximate surface area is 139 Å². The van der Waals surface area contributed by atoms with Crippen molar-refractivity contribution in [2.75, 3.05) is 7.11 Å². The molecule has 0 heterocycles. The lowest BCUT2D eigenvalue weighted by atomic mass is 10.2. The van der Waals surface area contributed by atoms with Gasteiger partial charge in [-0.05, 0) is 35.9 Å². The molecule has 0 saturated carbocycles. The molecule has 0 atom stereocenters. The van der Waals surface area contributed by atoms with Gasteiger partial charge in [0.1, 0.15) is 6.61 Å². The van der Waals surface area contributed by atoms with Crippen LogP contribution in [0.4, 0.5) is 0 Å². The molecule has 2 aromatic carbocycles. The number of hydrogen-bond acceptors (Lipinski definition) is 3. The number of guanidine groups is 1. The molecule has 0 aliphatic heterocycles. The van der Waals surface area contributed by atoms with Gasteiger partial charge >= 0.3 is 0 Å². The molecule has 7 heteroatoms. The Hall–Kier alpha value is -2.73. The highest BCUT2D eigenvalue weighted by molar-refractivity contribution is 6.30. The zero-order valence-corrected chi connectivity index (χ0v) is 13.4. The summed E-state index contributed by atoms with van der Waals surface area (Å²) in [7, 11) is 1.58. The monoisotopic (exact) mass is 333 g/mol. The molecule has 0 amide bonds. The molecule has 120 valence electrons. The van der Waals surface area contributed by atoms with E-state index >= 15 is 0 Å². The standard InChI is InChI=1S/C16H17ClN4O2/c1-22-15-8-12(9-20-21-16(18)19)4-7-14(15)23-10-11-2-5-13(17)6-3-11/h2-9H,10H2,1H3,(H4,18,19,21)/p+1/b20-9-. The molecule has 0 aliphatic carbocycles. The highest BCUT2D eigenvalue weighted by Gasteiger charge is 2.06. The highest BCUT2D eigenvalue weighted by atomic mass is 35.5. The van der Waals surface area contributed by atoms with Crippen molar-refractivity contribution in [3.8, 4) is 11.5 Å². The van der Waals surface area contributed by atoms with Crippen molar-refractivity contribution in [2.24, 2.45) is 16.6 Å². The summed E-state index contributed by atoms with van der Waals surface area (Å²) in [5.74, 6) is 1.21. The van der Waals surface area contributed by atoms with Crippen LogP contribution in [0.3, 0.4) is 0 Å². The Morgan fingerprint density at radius 1 is 1.17 bits per heavy atom. The largest absolute Gasteiger partial charge is 0.493 e. The number of hydrazone groups is 1. The predicted molar refractivity (Wildman–Crippen MR) is 90.7 cm³/mol. The predicted octanol–water partition coefficient (Wildman–Crippen LogP) is 0.616. The molecule has 5 N–H and O–H groups in total. The number of nitrogens with zero attached hydrogens (tertiary/aromatic N) is 1. The third-order valence-corrected chi connectivity index (χ3v) is 3.17. The van der Waals surface area contributed by atoms with E-state index in [0.29, 0.717) is 23.1 Å². The van der Waals surface area contributed by atoms with Gasteiger partial charge in [-0.25, -0.2) is 0 Å². The molecule has 0 saturated heterocycles. The molecule has 2 rings (SSSR count).